The summed E-state index contributed by atoms with van der Waals surface area (Å²) in [5.41, 5.74) is 7.70. The topological polar surface area (TPSA) is 26.0 Å². The van der Waals surface area contributed by atoms with Gasteiger partial charge in [-0.25, -0.2) is 0 Å². The Morgan fingerprint density at radius 1 is 1.55 bits per heavy atom. The number of nitrogen functional groups attached to an aromatic ring is 1. The molecular weight excluding hydrogens is 222 g/mol. The number of aryl methyl sites for hydroxylation is 1. The summed E-state index contributed by atoms with van der Waals surface area (Å²) >= 11 is 7.62. The number of hydrogen-bond acceptors (Lipinski definition) is 2. The summed E-state index contributed by atoms with van der Waals surface area (Å²) < 4.78 is 1.04. The molecule has 1 aromatic rings. The van der Waals surface area contributed by atoms with Crippen LogP contribution in [0.5, 0.6) is 0 Å². The summed E-state index contributed by atoms with van der Waals surface area (Å²) in [5, 5.41) is 0. The zero-order valence-electron chi connectivity index (χ0n) is 6.26. The number of hydrogen-bond donors (Lipinski definition) is 2. The van der Waals surface area contributed by atoms with Gasteiger partial charge in [0, 0.05) is 15.1 Å². The average Bonchev–Trinajstić information content (AvgIpc) is 1.96. The molecule has 0 unspecified atom stereocenters. The predicted octanol–water partition coefficient (Wildman–Crippen LogP) is 2.88. The van der Waals surface area contributed by atoms with Gasteiger partial charge in [0.2, 0.25) is 0 Å². The molecule has 0 saturated heterocycles. The minimum Gasteiger partial charge on any atom is -0.398 e. The molecule has 11 heavy (non-hydrogen) atoms. The summed E-state index contributed by atoms with van der Waals surface area (Å²) in [6.07, 6.45) is 0.943. The monoisotopic (exact) mass is 231 g/mol. The van der Waals surface area contributed by atoms with Crippen molar-refractivity contribution in [3.05, 3.63) is 22.2 Å². The van der Waals surface area contributed by atoms with Crippen LogP contribution in [0.15, 0.2) is 21.5 Å². The third-order valence-electron chi connectivity index (χ3n) is 1.59. The molecule has 1 aromatic carbocycles. The predicted molar refractivity (Wildman–Crippen MR) is 55.2 cm³/mol. The molecular formula is C8H10BrNS. The Morgan fingerprint density at radius 3 is 2.73 bits per heavy atom. The zero-order valence-corrected chi connectivity index (χ0v) is 8.74. The fourth-order valence-corrected chi connectivity index (χ4v) is 1.92. The van der Waals surface area contributed by atoms with E-state index in [2.05, 4.69) is 35.5 Å². The largest absolute Gasteiger partial charge is 0.398 e. The highest BCUT2D eigenvalue weighted by atomic mass is 79.9. The van der Waals surface area contributed by atoms with Gasteiger partial charge in [-0.2, -0.15) is 0 Å². The van der Waals surface area contributed by atoms with Crippen LogP contribution in [0.1, 0.15) is 12.5 Å². The van der Waals surface area contributed by atoms with E-state index < -0.39 is 0 Å². The van der Waals surface area contributed by atoms with Gasteiger partial charge in [0.25, 0.3) is 0 Å². The number of halogens is 1. The first kappa shape index (κ1) is 8.94. The van der Waals surface area contributed by atoms with Gasteiger partial charge in [0.1, 0.15) is 0 Å². The molecule has 1 rings (SSSR count). The number of rotatable bonds is 1. The number of thiol groups is 1. The lowest BCUT2D eigenvalue weighted by Gasteiger charge is -2.05. The first-order valence-corrected chi connectivity index (χ1v) is 4.66. The van der Waals surface area contributed by atoms with Crippen molar-refractivity contribution in [1.82, 2.24) is 0 Å². The quantitative estimate of drug-likeness (QED) is 0.565. The van der Waals surface area contributed by atoms with E-state index in [1.165, 1.54) is 0 Å². The van der Waals surface area contributed by atoms with Crippen LogP contribution >= 0.6 is 28.6 Å². The molecule has 3 heteroatoms. The molecule has 0 bridgehead atoms. The normalized spacial score (nSPS) is 10.1. The van der Waals surface area contributed by atoms with Crippen molar-refractivity contribution in [3.63, 3.8) is 0 Å². The molecule has 0 aliphatic rings. The minimum atomic E-state index is 0.791. The molecule has 0 atom stereocenters. The number of benzene rings is 1. The molecule has 0 amide bonds. The van der Waals surface area contributed by atoms with E-state index in [9.17, 15) is 0 Å². The highest BCUT2D eigenvalue weighted by Crippen LogP contribution is 2.26. The lowest BCUT2D eigenvalue weighted by molar-refractivity contribution is 1.13. The van der Waals surface area contributed by atoms with Crippen molar-refractivity contribution < 1.29 is 0 Å². The van der Waals surface area contributed by atoms with Gasteiger partial charge in [-0.3, -0.25) is 0 Å². The number of anilines is 1. The molecule has 0 heterocycles. The SMILES string of the molecule is CCc1cc(Br)cc(S)c1N. The van der Waals surface area contributed by atoms with Crippen molar-refractivity contribution >= 4 is 34.2 Å². The number of nitrogens with two attached hydrogens (primary N) is 1. The molecule has 0 aromatic heterocycles. The van der Waals surface area contributed by atoms with E-state index in [-0.39, 0.29) is 0 Å². The van der Waals surface area contributed by atoms with Gasteiger partial charge >= 0.3 is 0 Å². The second-order valence-electron chi connectivity index (χ2n) is 2.35. The lowest BCUT2D eigenvalue weighted by Crippen LogP contribution is -1.94. The Labute approximate surface area is 80.5 Å². The van der Waals surface area contributed by atoms with Crippen LogP contribution in [0.4, 0.5) is 5.69 Å². The van der Waals surface area contributed by atoms with Gasteiger partial charge in [-0.05, 0) is 24.1 Å². The highest BCUT2D eigenvalue weighted by molar-refractivity contribution is 9.10. The molecule has 60 valence electrons. The van der Waals surface area contributed by atoms with Crippen LogP contribution in [-0.4, -0.2) is 0 Å². The third-order valence-corrected chi connectivity index (χ3v) is 2.42. The molecule has 0 aliphatic carbocycles. The third kappa shape index (κ3) is 1.91. The molecule has 0 fully saturated rings. The van der Waals surface area contributed by atoms with E-state index >= 15 is 0 Å². The summed E-state index contributed by atoms with van der Waals surface area (Å²) in [6.45, 7) is 2.07. The van der Waals surface area contributed by atoms with Crippen LogP contribution in [0.3, 0.4) is 0 Å². The average molecular weight is 232 g/mol. The van der Waals surface area contributed by atoms with Crippen molar-refractivity contribution in [2.24, 2.45) is 0 Å². The molecule has 0 radical (unpaired) electrons. The standard InChI is InChI=1S/C8H10BrNS/c1-2-5-3-6(9)4-7(11)8(5)10/h3-4,11H,2,10H2,1H3. The van der Waals surface area contributed by atoms with Crippen molar-refractivity contribution in [1.29, 1.82) is 0 Å². The van der Waals surface area contributed by atoms with Crippen molar-refractivity contribution in [2.45, 2.75) is 18.2 Å². The van der Waals surface area contributed by atoms with Crippen LogP contribution in [0, 0.1) is 0 Å². The summed E-state index contributed by atoms with van der Waals surface area (Å²) in [7, 11) is 0. The van der Waals surface area contributed by atoms with E-state index in [0.717, 1.165) is 27.0 Å². The Morgan fingerprint density at radius 2 is 2.18 bits per heavy atom. The van der Waals surface area contributed by atoms with Crippen LogP contribution < -0.4 is 5.73 Å². The summed E-state index contributed by atoms with van der Waals surface area (Å²) in [5.74, 6) is 0. The van der Waals surface area contributed by atoms with Gasteiger partial charge in [0.15, 0.2) is 0 Å². The second kappa shape index (κ2) is 3.50. The van der Waals surface area contributed by atoms with E-state index in [1.807, 2.05) is 12.1 Å². The smallest absolute Gasteiger partial charge is 0.0482 e. The Bertz CT molecular complexity index is 273. The fourth-order valence-electron chi connectivity index (χ4n) is 0.951. The van der Waals surface area contributed by atoms with Crippen LogP contribution in [0.25, 0.3) is 0 Å². The summed E-state index contributed by atoms with van der Waals surface area (Å²) in [4.78, 5) is 0.844. The van der Waals surface area contributed by atoms with E-state index in [4.69, 9.17) is 5.73 Å². The van der Waals surface area contributed by atoms with Gasteiger partial charge < -0.3 is 5.73 Å². The molecule has 0 spiro atoms. The Hall–Kier alpha value is -0.150. The second-order valence-corrected chi connectivity index (χ2v) is 3.75. The fraction of sp³-hybridized carbons (Fsp3) is 0.250. The van der Waals surface area contributed by atoms with Gasteiger partial charge in [-0.1, -0.05) is 22.9 Å². The van der Waals surface area contributed by atoms with Crippen molar-refractivity contribution in [3.8, 4) is 0 Å². The lowest BCUT2D eigenvalue weighted by atomic mass is 10.1. The Kier molecular flexibility index (Phi) is 2.84. The van der Waals surface area contributed by atoms with E-state index in [1.54, 1.807) is 0 Å². The first-order valence-electron chi connectivity index (χ1n) is 3.42. The maximum absolute atomic E-state index is 5.76. The van der Waals surface area contributed by atoms with Crippen LogP contribution in [0.2, 0.25) is 0 Å². The van der Waals surface area contributed by atoms with E-state index in [0.29, 0.717) is 0 Å². The maximum atomic E-state index is 5.76. The molecule has 1 nitrogen and oxygen atoms in total. The maximum Gasteiger partial charge on any atom is 0.0482 e. The minimum absolute atomic E-state index is 0.791. The summed E-state index contributed by atoms with van der Waals surface area (Å²) in [6, 6.07) is 3.92. The highest BCUT2D eigenvalue weighted by Gasteiger charge is 2.01. The Balaban J connectivity index is 3.24. The van der Waals surface area contributed by atoms with Crippen molar-refractivity contribution in [2.75, 3.05) is 5.73 Å². The van der Waals surface area contributed by atoms with Crippen LogP contribution in [-0.2, 0) is 6.42 Å². The molecule has 2 N–H and O–H groups in total. The molecule has 0 aliphatic heterocycles. The zero-order chi connectivity index (χ0) is 8.43. The van der Waals surface area contributed by atoms with Gasteiger partial charge in [0.05, 0.1) is 0 Å². The molecule has 0 saturated carbocycles. The van der Waals surface area contributed by atoms with Gasteiger partial charge in [-0.15, -0.1) is 12.6 Å². The first-order chi connectivity index (χ1) is 5.15.